The van der Waals surface area contributed by atoms with Gasteiger partial charge in [-0.2, -0.15) is 0 Å². The molecule has 2 aliphatic carbocycles. The first kappa shape index (κ1) is 22.4. The third-order valence-corrected chi connectivity index (χ3v) is 8.00. The van der Waals surface area contributed by atoms with Gasteiger partial charge in [0, 0.05) is 36.4 Å². The Kier molecular flexibility index (Phi) is 5.70. The molecule has 2 aromatic heterocycles. The molecular weight excluding hydrogens is 456 g/mol. The molecule has 5 nitrogen and oxygen atoms in total. The molecule has 1 atom stereocenters. The summed E-state index contributed by atoms with van der Waals surface area (Å²) < 4.78 is 7.73. The highest BCUT2D eigenvalue weighted by Gasteiger charge is 2.33. The van der Waals surface area contributed by atoms with Crippen molar-refractivity contribution in [1.82, 2.24) is 14.4 Å². The molecule has 178 valence electrons. The summed E-state index contributed by atoms with van der Waals surface area (Å²) in [6.07, 6.45) is 18.1. The van der Waals surface area contributed by atoms with E-state index >= 15 is 0 Å². The van der Waals surface area contributed by atoms with Crippen LogP contribution < -0.4 is 0 Å². The molecular formula is C29H29ClN4O. The predicted octanol–water partition coefficient (Wildman–Crippen LogP) is 6.90. The number of allylic oxidation sites excluding steroid dienone is 5. The van der Waals surface area contributed by atoms with Crippen molar-refractivity contribution >= 4 is 34.1 Å². The molecule has 0 N–H and O–H groups in total. The second-order valence-corrected chi connectivity index (χ2v) is 10.3. The number of hydrogen-bond donors (Lipinski definition) is 0. The SMILES string of the molecule is CO[C@H]1CC[C@@H](c2nc(C3=CC4=NC(c5ccccc5)=CCC4(C)C=C3)c3c(Cl)nccn32)CC1. The molecule has 0 spiro atoms. The van der Waals surface area contributed by atoms with Crippen LogP contribution in [-0.2, 0) is 4.74 Å². The fourth-order valence-electron chi connectivity index (χ4n) is 5.55. The molecule has 6 heteroatoms. The maximum atomic E-state index is 6.66. The summed E-state index contributed by atoms with van der Waals surface area (Å²) in [5, 5.41) is 0.477. The van der Waals surface area contributed by atoms with Crippen LogP contribution in [0.2, 0.25) is 5.15 Å². The number of aliphatic imine (C=N–C) groups is 1. The van der Waals surface area contributed by atoms with Gasteiger partial charge in [-0.1, -0.05) is 67.1 Å². The van der Waals surface area contributed by atoms with E-state index in [4.69, 9.17) is 26.3 Å². The normalized spacial score (nSPS) is 26.2. The van der Waals surface area contributed by atoms with Crippen LogP contribution in [0.25, 0.3) is 16.8 Å². The molecule has 3 aromatic rings. The summed E-state index contributed by atoms with van der Waals surface area (Å²) in [4.78, 5) is 14.7. The number of benzene rings is 1. The Morgan fingerprint density at radius 2 is 1.91 bits per heavy atom. The van der Waals surface area contributed by atoms with Gasteiger partial charge in [-0.15, -0.1) is 0 Å². The lowest BCUT2D eigenvalue weighted by Gasteiger charge is -2.32. The highest BCUT2D eigenvalue weighted by molar-refractivity contribution is 6.33. The number of nitrogens with zero attached hydrogens (tertiary/aromatic N) is 4. The lowest BCUT2D eigenvalue weighted by molar-refractivity contribution is 0.0650. The Balaban J connectivity index is 1.42. The summed E-state index contributed by atoms with van der Waals surface area (Å²) in [6.45, 7) is 2.24. The Hall–Kier alpha value is -3.02. The molecule has 0 radical (unpaired) electrons. The van der Waals surface area contributed by atoms with Gasteiger partial charge in [-0.05, 0) is 43.7 Å². The monoisotopic (exact) mass is 484 g/mol. The quantitative estimate of drug-likeness (QED) is 0.404. The van der Waals surface area contributed by atoms with Gasteiger partial charge in [0.05, 0.1) is 23.2 Å². The van der Waals surface area contributed by atoms with Crippen molar-refractivity contribution in [2.24, 2.45) is 10.4 Å². The van der Waals surface area contributed by atoms with Gasteiger partial charge in [0.25, 0.3) is 0 Å². The predicted molar refractivity (Wildman–Crippen MR) is 142 cm³/mol. The number of halogens is 1. The Morgan fingerprint density at radius 3 is 2.69 bits per heavy atom. The first-order chi connectivity index (χ1) is 17.1. The van der Waals surface area contributed by atoms with Gasteiger partial charge in [0.15, 0.2) is 5.15 Å². The first-order valence-corrected chi connectivity index (χ1v) is 12.7. The van der Waals surface area contributed by atoms with Crippen molar-refractivity contribution in [3.05, 3.63) is 89.3 Å². The lowest BCUT2D eigenvalue weighted by atomic mass is 9.75. The summed E-state index contributed by atoms with van der Waals surface area (Å²) in [7, 11) is 1.81. The molecule has 35 heavy (non-hydrogen) atoms. The van der Waals surface area contributed by atoms with Crippen LogP contribution >= 0.6 is 11.6 Å². The zero-order valence-corrected chi connectivity index (χ0v) is 20.9. The number of fused-ring (bicyclic) bond motifs is 2. The minimum absolute atomic E-state index is 0.124. The average Bonchev–Trinajstić information content (AvgIpc) is 3.29. The lowest BCUT2D eigenvalue weighted by Crippen LogP contribution is -2.28. The number of rotatable bonds is 4. The van der Waals surface area contributed by atoms with Crippen LogP contribution in [-0.4, -0.2) is 33.3 Å². The number of imidazole rings is 1. The first-order valence-electron chi connectivity index (χ1n) is 12.4. The van der Waals surface area contributed by atoms with E-state index in [0.717, 1.165) is 71.7 Å². The van der Waals surface area contributed by atoms with Gasteiger partial charge in [0.1, 0.15) is 11.3 Å². The molecule has 1 saturated carbocycles. The summed E-state index contributed by atoms with van der Waals surface area (Å²) >= 11 is 6.66. The topological polar surface area (TPSA) is 51.8 Å². The van der Waals surface area contributed by atoms with Gasteiger partial charge >= 0.3 is 0 Å². The minimum atomic E-state index is -0.124. The molecule has 1 fully saturated rings. The van der Waals surface area contributed by atoms with Crippen LogP contribution in [0.15, 0.2) is 72.0 Å². The summed E-state index contributed by atoms with van der Waals surface area (Å²) in [5.74, 6) is 1.44. The van der Waals surface area contributed by atoms with E-state index in [9.17, 15) is 0 Å². The molecule has 6 rings (SSSR count). The largest absolute Gasteiger partial charge is 0.381 e. The fourth-order valence-corrected chi connectivity index (χ4v) is 5.78. The van der Waals surface area contributed by atoms with E-state index < -0.39 is 0 Å². The van der Waals surface area contributed by atoms with Crippen molar-refractivity contribution in [2.75, 3.05) is 7.11 Å². The van der Waals surface area contributed by atoms with Crippen LogP contribution in [0.5, 0.6) is 0 Å². The minimum Gasteiger partial charge on any atom is -0.381 e. The number of methoxy groups -OCH3 is 1. The summed E-state index contributed by atoms with van der Waals surface area (Å²) in [6, 6.07) is 10.4. The van der Waals surface area contributed by atoms with Crippen LogP contribution in [0.4, 0.5) is 0 Å². The van der Waals surface area contributed by atoms with Crippen molar-refractivity contribution in [3.63, 3.8) is 0 Å². The number of aromatic nitrogens is 3. The highest BCUT2D eigenvalue weighted by Crippen LogP contribution is 2.42. The maximum Gasteiger partial charge on any atom is 0.155 e. The molecule has 0 saturated heterocycles. The third-order valence-electron chi connectivity index (χ3n) is 7.72. The fraction of sp³-hybridized carbons (Fsp3) is 0.345. The number of hydrogen-bond acceptors (Lipinski definition) is 4. The van der Waals surface area contributed by atoms with E-state index in [1.165, 1.54) is 0 Å². The van der Waals surface area contributed by atoms with Gasteiger partial charge in [-0.25, -0.2) is 9.97 Å². The molecule has 1 aromatic carbocycles. The maximum absolute atomic E-state index is 6.66. The highest BCUT2D eigenvalue weighted by atomic mass is 35.5. The number of ether oxygens (including phenoxy) is 1. The van der Waals surface area contributed by atoms with Gasteiger partial charge < -0.3 is 4.74 Å². The van der Waals surface area contributed by atoms with Crippen molar-refractivity contribution in [3.8, 4) is 0 Å². The van der Waals surface area contributed by atoms with Crippen LogP contribution in [0, 0.1) is 5.41 Å². The average molecular weight is 485 g/mol. The summed E-state index contributed by atoms with van der Waals surface area (Å²) in [5.41, 5.74) is 5.87. The van der Waals surface area contributed by atoms with Gasteiger partial charge in [0.2, 0.25) is 0 Å². The molecule has 3 aliphatic rings. The molecule has 1 aliphatic heterocycles. The van der Waals surface area contributed by atoms with E-state index in [1.54, 1.807) is 6.20 Å². The van der Waals surface area contributed by atoms with Crippen LogP contribution in [0.3, 0.4) is 0 Å². The van der Waals surface area contributed by atoms with Gasteiger partial charge in [-0.3, -0.25) is 9.39 Å². The molecule has 0 amide bonds. The van der Waals surface area contributed by atoms with Crippen molar-refractivity contribution in [2.45, 2.75) is 51.0 Å². The van der Waals surface area contributed by atoms with E-state index in [2.05, 4.69) is 64.9 Å². The zero-order chi connectivity index (χ0) is 24.0. The molecule has 1 unspecified atom stereocenters. The zero-order valence-electron chi connectivity index (χ0n) is 20.1. The second kappa shape index (κ2) is 8.89. The Bertz CT molecular complexity index is 1390. The molecule has 0 bridgehead atoms. The second-order valence-electron chi connectivity index (χ2n) is 9.97. The van der Waals surface area contributed by atoms with E-state index in [-0.39, 0.29) is 5.41 Å². The Labute approximate surface area is 210 Å². The van der Waals surface area contributed by atoms with E-state index in [0.29, 0.717) is 17.2 Å². The van der Waals surface area contributed by atoms with Crippen LogP contribution in [0.1, 0.15) is 62.0 Å². The molecule has 3 heterocycles. The van der Waals surface area contributed by atoms with E-state index in [1.807, 2.05) is 19.4 Å². The Morgan fingerprint density at radius 1 is 1.11 bits per heavy atom. The van der Waals surface area contributed by atoms with Crippen molar-refractivity contribution in [1.29, 1.82) is 0 Å². The smallest absolute Gasteiger partial charge is 0.155 e. The third kappa shape index (κ3) is 3.97. The van der Waals surface area contributed by atoms with Crippen molar-refractivity contribution < 1.29 is 4.74 Å². The standard InChI is InChI=1S/C29H29ClN4O/c1-29-14-12-21(18-24(29)32-23(13-15-29)19-6-4-3-5-7-19)25-26-27(30)31-16-17-34(26)28(33-25)20-8-10-22(35-2)11-9-20/h3-7,12-14,16-18,20,22H,8-11,15H2,1-2H3/t20-,22+,29?.